The van der Waals surface area contributed by atoms with Crippen molar-refractivity contribution in [2.75, 3.05) is 13.2 Å². The summed E-state index contributed by atoms with van der Waals surface area (Å²) < 4.78 is 11.0. The maximum atomic E-state index is 10.8. The Balaban J connectivity index is 2.00. The summed E-state index contributed by atoms with van der Waals surface area (Å²) in [5.74, 6) is 0.446. The Kier molecular flexibility index (Phi) is 4.46. The first-order chi connectivity index (χ1) is 9.20. The molecule has 1 saturated heterocycles. The quantitative estimate of drug-likeness (QED) is 0.464. The van der Waals surface area contributed by atoms with Crippen LogP contribution in [0.15, 0.2) is 18.2 Å². The number of nitrogens with zero attached hydrogens (tertiary/aromatic N) is 1. The summed E-state index contributed by atoms with van der Waals surface area (Å²) in [7, 11) is 0. The Morgan fingerprint density at radius 1 is 1.47 bits per heavy atom. The van der Waals surface area contributed by atoms with Crippen LogP contribution < -0.4 is 4.74 Å². The van der Waals surface area contributed by atoms with Crippen molar-refractivity contribution in [1.29, 1.82) is 0 Å². The van der Waals surface area contributed by atoms with Gasteiger partial charge in [-0.3, -0.25) is 14.9 Å². The Morgan fingerprint density at radius 3 is 2.95 bits per heavy atom. The molecule has 0 aliphatic carbocycles. The van der Waals surface area contributed by atoms with Gasteiger partial charge in [-0.15, -0.1) is 0 Å². The fourth-order valence-corrected chi connectivity index (χ4v) is 2.01. The van der Waals surface area contributed by atoms with E-state index in [2.05, 4.69) is 0 Å². The Bertz CT molecular complexity index is 468. The van der Waals surface area contributed by atoms with Gasteiger partial charge in [0.25, 0.3) is 5.69 Å². The number of aldehydes is 1. The molecule has 0 N–H and O–H groups in total. The van der Waals surface area contributed by atoms with E-state index in [1.54, 1.807) is 0 Å². The zero-order valence-electron chi connectivity index (χ0n) is 10.4. The number of nitro groups is 1. The molecule has 1 unspecified atom stereocenters. The lowest BCUT2D eigenvalue weighted by Crippen LogP contribution is -2.25. The summed E-state index contributed by atoms with van der Waals surface area (Å²) in [4.78, 5) is 20.9. The molecule has 1 aliphatic rings. The van der Waals surface area contributed by atoms with Gasteiger partial charge in [-0.2, -0.15) is 0 Å². The molecule has 102 valence electrons. The molecule has 1 heterocycles. The van der Waals surface area contributed by atoms with E-state index in [-0.39, 0.29) is 17.4 Å². The van der Waals surface area contributed by atoms with Crippen LogP contribution in [0.5, 0.6) is 5.75 Å². The molecule has 6 heteroatoms. The second-order valence-electron chi connectivity index (χ2n) is 4.40. The second kappa shape index (κ2) is 6.29. The highest BCUT2D eigenvalue weighted by molar-refractivity contribution is 5.82. The first-order valence-corrected chi connectivity index (χ1v) is 6.18. The van der Waals surface area contributed by atoms with Crippen molar-refractivity contribution in [2.24, 2.45) is 0 Å². The number of rotatable bonds is 5. The summed E-state index contributed by atoms with van der Waals surface area (Å²) in [6.45, 7) is 1.14. The average Bonchev–Trinajstić information content (AvgIpc) is 2.45. The van der Waals surface area contributed by atoms with Crippen LogP contribution in [0.4, 0.5) is 5.69 Å². The van der Waals surface area contributed by atoms with Crippen molar-refractivity contribution in [1.82, 2.24) is 0 Å². The number of benzene rings is 1. The van der Waals surface area contributed by atoms with Crippen LogP contribution in [0.2, 0.25) is 0 Å². The van der Waals surface area contributed by atoms with Gasteiger partial charge in [0.2, 0.25) is 0 Å². The molecule has 1 aromatic rings. The van der Waals surface area contributed by atoms with E-state index in [9.17, 15) is 14.9 Å². The van der Waals surface area contributed by atoms with Crippen LogP contribution in [-0.2, 0) is 4.74 Å². The van der Waals surface area contributed by atoms with Gasteiger partial charge in [0.15, 0.2) is 6.29 Å². The standard InChI is InChI=1S/C13H15NO5/c15-8-10-7-11(4-5-13(10)14(16)17)19-9-12-3-1-2-6-18-12/h4-5,7-8,12H,1-3,6,9H2. The minimum atomic E-state index is -0.586. The summed E-state index contributed by atoms with van der Waals surface area (Å²) in [5.41, 5.74) is -0.191. The van der Waals surface area contributed by atoms with Gasteiger partial charge in [0.1, 0.15) is 12.4 Å². The third kappa shape index (κ3) is 3.51. The zero-order chi connectivity index (χ0) is 13.7. The second-order valence-corrected chi connectivity index (χ2v) is 4.40. The van der Waals surface area contributed by atoms with E-state index in [0.717, 1.165) is 25.9 Å². The molecule has 0 aromatic heterocycles. The molecule has 0 bridgehead atoms. The number of carbonyl (C=O) groups excluding carboxylic acids is 1. The zero-order valence-corrected chi connectivity index (χ0v) is 10.4. The Labute approximate surface area is 110 Å². The molecule has 2 rings (SSSR count). The van der Waals surface area contributed by atoms with Gasteiger partial charge in [-0.05, 0) is 31.4 Å². The van der Waals surface area contributed by atoms with Crippen molar-refractivity contribution in [3.8, 4) is 5.75 Å². The summed E-state index contributed by atoms with van der Waals surface area (Å²) in [6.07, 6.45) is 3.66. The minimum Gasteiger partial charge on any atom is -0.491 e. The first-order valence-electron chi connectivity index (χ1n) is 6.18. The maximum Gasteiger partial charge on any atom is 0.280 e. The van der Waals surface area contributed by atoms with Crippen LogP contribution in [0, 0.1) is 10.1 Å². The molecule has 0 saturated carbocycles. The van der Waals surface area contributed by atoms with Gasteiger partial charge < -0.3 is 9.47 Å². The van der Waals surface area contributed by atoms with Crippen LogP contribution >= 0.6 is 0 Å². The third-order valence-corrected chi connectivity index (χ3v) is 3.03. The lowest BCUT2D eigenvalue weighted by molar-refractivity contribution is -0.385. The topological polar surface area (TPSA) is 78.7 Å². The predicted molar refractivity (Wildman–Crippen MR) is 67.6 cm³/mol. The van der Waals surface area contributed by atoms with Crippen molar-refractivity contribution in [2.45, 2.75) is 25.4 Å². The molecule has 19 heavy (non-hydrogen) atoms. The lowest BCUT2D eigenvalue weighted by Gasteiger charge is -2.22. The Morgan fingerprint density at radius 2 is 2.32 bits per heavy atom. The molecule has 1 atom stereocenters. The number of nitro benzene ring substituents is 1. The van der Waals surface area contributed by atoms with Crippen LogP contribution in [0.3, 0.4) is 0 Å². The third-order valence-electron chi connectivity index (χ3n) is 3.03. The minimum absolute atomic E-state index is 0.0204. The molecule has 1 aliphatic heterocycles. The number of ether oxygens (including phenoxy) is 2. The first kappa shape index (κ1) is 13.5. The molecular formula is C13H15NO5. The summed E-state index contributed by atoms with van der Waals surface area (Å²) in [6, 6.07) is 4.16. The van der Waals surface area contributed by atoms with E-state index < -0.39 is 4.92 Å². The molecule has 0 radical (unpaired) electrons. The molecule has 6 nitrogen and oxygen atoms in total. The number of hydrogen-bond donors (Lipinski definition) is 0. The van der Waals surface area contributed by atoms with Crippen molar-refractivity contribution in [3.63, 3.8) is 0 Å². The number of hydrogen-bond acceptors (Lipinski definition) is 5. The van der Waals surface area contributed by atoms with E-state index >= 15 is 0 Å². The monoisotopic (exact) mass is 265 g/mol. The molecule has 1 aromatic carbocycles. The van der Waals surface area contributed by atoms with Crippen molar-refractivity contribution < 1.29 is 19.2 Å². The highest BCUT2D eigenvalue weighted by Crippen LogP contribution is 2.23. The Hall–Kier alpha value is -1.95. The molecule has 0 spiro atoms. The molecular weight excluding hydrogens is 250 g/mol. The largest absolute Gasteiger partial charge is 0.491 e. The number of carbonyl (C=O) groups is 1. The maximum absolute atomic E-state index is 10.8. The normalized spacial score (nSPS) is 18.8. The molecule has 1 fully saturated rings. The van der Waals surface area contributed by atoms with Crippen LogP contribution in [0.1, 0.15) is 29.6 Å². The van der Waals surface area contributed by atoms with Crippen LogP contribution in [-0.4, -0.2) is 30.5 Å². The summed E-state index contributed by atoms with van der Waals surface area (Å²) >= 11 is 0. The van der Waals surface area contributed by atoms with E-state index in [0.29, 0.717) is 18.6 Å². The fraction of sp³-hybridized carbons (Fsp3) is 0.462. The average molecular weight is 265 g/mol. The predicted octanol–water partition coefficient (Wildman–Crippen LogP) is 2.36. The highest BCUT2D eigenvalue weighted by Gasteiger charge is 2.17. The lowest BCUT2D eigenvalue weighted by atomic mass is 10.1. The van der Waals surface area contributed by atoms with E-state index in [4.69, 9.17) is 9.47 Å². The van der Waals surface area contributed by atoms with E-state index in [1.165, 1.54) is 18.2 Å². The fourth-order valence-electron chi connectivity index (χ4n) is 2.01. The van der Waals surface area contributed by atoms with Gasteiger partial charge in [-0.1, -0.05) is 0 Å². The molecule has 0 amide bonds. The van der Waals surface area contributed by atoms with Gasteiger partial charge in [-0.25, -0.2) is 0 Å². The smallest absolute Gasteiger partial charge is 0.280 e. The van der Waals surface area contributed by atoms with Crippen molar-refractivity contribution in [3.05, 3.63) is 33.9 Å². The van der Waals surface area contributed by atoms with Crippen LogP contribution in [0.25, 0.3) is 0 Å². The SMILES string of the molecule is O=Cc1cc(OCC2CCCCO2)ccc1[N+](=O)[O-]. The van der Waals surface area contributed by atoms with Crippen molar-refractivity contribution >= 4 is 12.0 Å². The summed E-state index contributed by atoms with van der Waals surface area (Å²) in [5, 5.41) is 10.7. The van der Waals surface area contributed by atoms with E-state index in [1.807, 2.05) is 0 Å². The van der Waals surface area contributed by atoms with Gasteiger partial charge in [0, 0.05) is 12.7 Å². The highest BCUT2D eigenvalue weighted by atomic mass is 16.6. The van der Waals surface area contributed by atoms with Gasteiger partial charge >= 0.3 is 0 Å². The van der Waals surface area contributed by atoms with Gasteiger partial charge in [0.05, 0.1) is 16.6 Å².